The van der Waals surface area contributed by atoms with Gasteiger partial charge in [-0.05, 0) is 37.8 Å². The lowest BCUT2D eigenvalue weighted by molar-refractivity contribution is 0.195. The Labute approximate surface area is 89.9 Å². The van der Waals surface area contributed by atoms with Gasteiger partial charge in [-0.15, -0.1) is 0 Å². The van der Waals surface area contributed by atoms with Gasteiger partial charge in [0.15, 0.2) is 0 Å². The third-order valence-corrected chi connectivity index (χ3v) is 2.89. The van der Waals surface area contributed by atoms with Crippen molar-refractivity contribution in [1.82, 2.24) is 10.6 Å². The van der Waals surface area contributed by atoms with Crippen molar-refractivity contribution in [2.45, 2.75) is 60.0 Å². The van der Waals surface area contributed by atoms with E-state index in [-0.39, 0.29) is 0 Å². The minimum Gasteiger partial charge on any atom is -0.301 e. The molecule has 0 rings (SSSR count). The van der Waals surface area contributed by atoms with E-state index in [0.29, 0.717) is 11.6 Å². The molecule has 0 spiro atoms. The molecule has 0 bridgehead atoms. The van der Waals surface area contributed by atoms with Crippen LogP contribution < -0.4 is 10.6 Å². The number of hydrogen-bond acceptors (Lipinski definition) is 2. The molecule has 2 nitrogen and oxygen atoms in total. The van der Waals surface area contributed by atoms with Gasteiger partial charge in [0.25, 0.3) is 0 Å². The second-order valence-electron chi connectivity index (χ2n) is 4.68. The van der Waals surface area contributed by atoms with Crippen molar-refractivity contribution in [3.63, 3.8) is 0 Å². The van der Waals surface area contributed by atoms with Crippen molar-refractivity contribution < 1.29 is 0 Å². The van der Waals surface area contributed by atoms with Crippen LogP contribution in [0.3, 0.4) is 0 Å². The SMILES string of the molecule is CCCNC(NCCC)C(C)(C)CC. The molecule has 0 atom stereocenters. The fourth-order valence-corrected chi connectivity index (χ4v) is 1.41. The maximum Gasteiger partial charge on any atom is 0.0624 e. The Morgan fingerprint density at radius 3 is 1.64 bits per heavy atom. The molecule has 0 unspecified atom stereocenters. The van der Waals surface area contributed by atoms with Crippen LogP contribution in [0, 0.1) is 5.41 Å². The fraction of sp³-hybridized carbons (Fsp3) is 1.00. The summed E-state index contributed by atoms with van der Waals surface area (Å²) in [6.45, 7) is 13.5. The van der Waals surface area contributed by atoms with Crippen LogP contribution >= 0.6 is 0 Å². The van der Waals surface area contributed by atoms with E-state index in [1.165, 1.54) is 19.3 Å². The molecule has 2 N–H and O–H groups in total. The lowest BCUT2D eigenvalue weighted by Crippen LogP contribution is -2.52. The molecule has 0 amide bonds. The van der Waals surface area contributed by atoms with Crippen LogP contribution in [0.5, 0.6) is 0 Å². The zero-order chi connectivity index (χ0) is 11.0. The monoisotopic (exact) mass is 200 g/mol. The van der Waals surface area contributed by atoms with Gasteiger partial charge >= 0.3 is 0 Å². The number of nitrogens with one attached hydrogen (secondary N) is 2. The fourth-order valence-electron chi connectivity index (χ4n) is 1.41. The third-order valence-electron chi connectivity index (χ3n) is 2.89. The molecular weight excluding hydrogens is 172 g/mol. The third kappa shape index (κ3) is 4.97. The van der Waals surface area contributed by atoms with Crippen molar-refractivity contribution in [2.75, 3.05) is 13.1 Å². The molecular formula is C12H28N2. The molecule has 0 aliphatic rings. The van der Waals surface area contributed by atoms with Crippen LogP contribution in [0.25, 0.3) is 0 Å². The van der Waals surface area contributed by atoms with Crippen molar-refractivity contribution in [2.24, 2.45) is 5.41 Å². The first kappa shape index (κ1) is 13.9. The molecule has 0 aromatic rings. The van der Waals surface area contributed by atoms with Gasteiger partial charge in [-0.3, -0.25) is 0 Å². The van der Waals surface area contributed by atoms with E-state index < -0.39 is 0 Å². The highest BCUT2D eigenvalue weighted by molar-refractivity contribution is 4.80. The number of hydrogen-bond donors (Lipinski definition) is 2. The minimum atomic E-state index is 0.338. The molecule has 0 aromatic heterocycles. The Balaban J connectivity index is 4.08. The Kier molecular flexibility index (Phi) is 7.20. The van der Waals surface area contributed by atoms with Crippen LogP contribution in [-0.2, 0) is 0 Å². The van der Waals surface area contributed by atoms with E-state index >= 15 is 0 Å². The second-order valence-corrected chi connectivity index (χ2v) is 4.68. The van der Waals surface area contributed by atoms with Gasteiger partial charge in [0, 0.05) is 0 Å². The lowest BCUT2D eigenvalue weighted by atomic mass is 9.86. The average Bonchev–Trinajstić information content (AvgIpc) is 2.17. The van der Waals surface area contributed by atoms with E-state index in [2.05, 4.69) is 45.3 Å². The summed E-state index contributed by atoms with van der Waals surface area (Å²) in [5, 5.41) is 7.17. The van der Waals surface area contributed by atoms with Gasteiger partial charge in [-0.2, -0.15) is 0 Å². The minimum absolute atomic E-state index is 0.338. The van der Waals surface area contributed by atoms with Gasteiger partial charge in [-0.1, -0.05) is 34.6 Å². The highest BCUT2D eigenvalue weighted by Gasteiger charge is 2.26. The van der Waals surface area contributed by atoms with Crippen molar-refractivity contribution in [3.8, 4) is 0 Å². The standard InChI is InChI=1S/C12H28N2/c1-6-9-13-11(14-10-7-2)12(4,5)8-3/h11,13-14H,6-10H2,1-5H3. The molecule has 0 saturated heterocycles. The average molecular weight is 200 g/mol. The summed E-state index contributed by atoms with van der Waals surface area (Å²) >= 11 is 0. The Morgan fingerprint density at radius 1 is 0.929 bits per heavy atom. The predicted octanol–water partition coefficient (Wildman–Crippen LogP) is 2.75. The zero-order valence-corrected chi connectivity index (χ0v) is 10.6. The lowest BCUT2D eigenvalue weighted by Gasteiger charge is -2.35. The summed E-state index contributed by atoms with van der Waals surface area (Å²) in [4.78, 5) is 0. The van der Waals surface area contributed by atoms with E-state index in [1.807, 2.05) is 0 Å². The molecule has 0 aromatic carbocycles. The summed E-state index contributed by atoms with van der Waals surface area (Å²) in [6.07, 6.45) is 4.05. The number of rotatable bonds is 8. The maximum atomic E-state index is 3.58. The maximum absolute atomic E-state index is 3.58. The van der Waals surface area contributed by atoms with E-state index in [4.69, 9.17) is 0 Å². The zero-order valence-electron chi connectivity index (χ0n) is 10.6. The molecule has 0 aliphatic heterocycles. The largest absolute Gasteiger partial charge is 0.301 e. The quantitative estimate of drug-likeness (QED) is 0.589. The van der Waals surface area contributed by atoms with Crippen LogP contribution in [0.2, 0.25) is 0 Å². The van der Waals surface area contributed by atoms with E-state index in [0.717, 1.165) is 13.1 Å². The summed E-state index contributed by atoms with van der Waals surface area (Å²) in [5.74, 6) is 0. The van der Waals surface area contributed by atoms with Crippen LogP contribution in [0.4, 0.5) is 0 Å². The van der Waals surface area contributed by atoms with E-state index in [1.54, 1.807) is 0 Å². The summed E-state index contributed by atoms with van der Waals surface area (Å²) < 4.78 is 0. The smallest absolute Gasteiger partial charge is 0.0624 e. The highest BCUT2D eigenvalue weighted by Crippen LogP contribution is 2.23. The second kappa shape index (κ2) is 7.24. The first-order chi connectivity index (χ1) is 6.58. The summed E-state index contributed by atoms with van der Waals surface area (Å²) in [7, 11) is 0. The predicted molar refractivity (Wildman–Crippen MR) is 64.4 cm³/mol. The Bertz CT molecular complexity index is 124. The molecule has 0 fully saturated rings. The first-order valence-electron chi connectivity index (χ1n) is 6.05. The van der Waals surface area contributed by atoms with E-state index in [9.17, 15) is 0 Å². The van der Waals surface area contributed by atoms with Crippen molar-refractivity contribution >= 4 is 0 Å². The van der Waals surface area contributed by atoms with Crippen LogP contribution in [0.1, 0.15) is 53.9 Å². The van der Waals surface area contributed by atoms with Gasteiger partial charge < -0.3 is 10.6 Å². The topological polar surface area (TPSA) is 24.1 Å². The molecule has 0 aliphatic carbocycles. The Hall–Kier alpha value is -0.0800. The van der Waals surface area contributed by atoms with Crippen LogP contribution in [0.15, 0.2) is 0 Å². The summed E-state index contributed by atoms with van der Waals surface area (Å²) in [6, 6.07) is 0. The molecule has 2 heteroatoms. The Morgan fingerprint density at radius 2 is 1.36 bits per heavy atom. The molecule has 86 valence electrons. The molecule has 14 heavy (non-hydrogen) atoms. The van der Waals surface area contributed by atoms with Gasteiger partial charge in [0.1, 0.15) is 0 Å². The van der Waals surface area contributed by atoms with Gasteiger partial charge in [0.05, 0.1) is 6.17 Å². The van der Waals surface area contributed by atoms with Gasteiger partial charge in [0.2, 0.25) is 0 Å². The summed E-state index contributed by atoms with van der Waals surface area (Å²) in [5.41, 5.74) is 0.338. The highest BCUT2D eigenvalue weighted by atomic mass is 15.1. The van der Waals surface area contributed by atoms with Gasteiger partial charge in [-0.25, -0.2) is 0 Å². The molecule has 0 heterocycles. The van der Waals surface area contributed by atoms with Crippen LogP contribution in [-0.4, -0.2) is 19.3 Å². The molecule has 0 saturated carbocycles. The normalized spacial score (nSPS) is 12.4. The first-order valence-corrected chi connectivity index (χ1v) is 6.05. The van der Waals surface area contributed by atoms with Crippen molar-refractivity contribution in [1.29, 1.82) is 0 Å². The molecule has 0 radical (unpaired) electrons. The van der Waals surface area contributed by atoms with Crippen molar-refractivity contribution in [3.05, 3.63) is 0 Å².